The van der Waals surface area contributed by atoms with E-state index in [1.54, 1.807) is 0 Å². The second-order valence-corrected chi connectivity index (χ2v) is 5.33. The molecular formula is C10H19NO. The summed E-state index contributed by atoms with van der Waals surface area (Å²) in [6, 6.07) is 0. The highest BCUT2D eigenvalue weighted by molar-refractivity contribution is 5.01. The summed E-state index contributed by atoms with van der Waals surface area (Å²) in [4.78, 5) is 2.54. The van der Waals surface area contributed by atoms with Crippen molar-refractivity contribution in [1.29, 1.82) is 0 Å². The molecule has 0 aromatic heterocycles. The first-order valence-corrected chi connectivity index (χ1v) is 4.85. The molecule has 0 N–H and O–H groups in total. The van der Waals surface area contributed by atoms with Crippen LogP contribution in [-0.4, -0.2) is 36.7 Å². The zero-order chi connectivity index (χ0) is 8.82. The maximum atomic E-state index is 5.44. The van der Waals surface area contributed by atoms with Crippen molar-refractivity contribution in [3.05, 3.63) is 0 Å². The maximum absolute atomic E-state index is 5.44. The van der Waals surface area contributed by atoms with Gasteiger partial charge in [0.1, 0.15) is 0 Å². The van der Waals surface area contributed by atoms with E-state index in [1.165, 1.54) is 19.5 Å². The second kappa shape index (κ2) is 2.46. The zero-order valence-electron chi connectivity index (χ0n) is 8.39. The van der Waals surface area contributed by atoms with Gasteiger partial charge in [0.05, 0.1) is 6.61 Å². The van der Waals surface area contributed by atoms with Gasteiger partial charge in [-0.1, -0.05) is 0 Å². The van der Waals surface area contributed by atoms with E-state index in [9.17, 15) is 0 Å². The molecule has 12 heavy (non-hydrogen) atoms. The minimum absolute atomic E-state index is 0.355. The minimum Gasteiger partial charge on any atom is -0.381 e. The maximum Gasteiger partial charge on any atom is 0.0547 e. The predicted molar refractivity (Wildman–Crippen MR) is 49.2 cm³/mol. The number of nitrogens with zero attached hydrogens (tertiary/aromatic N) is 1. The van der Waals surface area contributed by atoms with E-state index in [4.69, 9.17) is 4.74 Å². The first kappa shape index (κ1) is 8.52. The summed E-state index contributed by atoms with van der Waals surface area (Å²) in [5, 5.41) is 0. The average Bonchev–Trinajstić information content (AvgIpc) is 2.27. The highest BCUT2D eigenvalue weighted by atomic mass is 16.5. The van der Waals surface area contributed by atoms with Crippen LogP contribution in [0.25, 0.3) is 0 Å². The quantitative estimate of drug-likeness (QED) is 0.545. The molecule has 2 heteroatoms. The molecule has 1 spiro atoms. The van der Waals surface area contributed by atoms with E-state index in [2.05, 4.69) is 25.7 Å². The fourth-order valence-corrected chi connectivity index (χ4v) is 2.14. The summed E-state index contributed by atoms with van der Waals surface area (Å²) >= 11 is 0. The van der Waals surface area contributed by atoms with Crippen molar-refractivity contribution in [2.24, 2.45) is 5.41 Å². The summed E-state index contributed by atoms with van der Waals surface area (Å²) in [6.07, 6.45) is 1.28. The molecular weight excluding hydrogens is 150 g/mol. The molecule has 2 rings (SSSR count). The van der Waals surface area contributed by atoms with Crippen LogP contribution in [0, 0.1) is 5.41 Å². The predicted octanol–water partition coefficient (Wildman–Crippen LogP) is 1.51. The first-order chi connectivity index (χ1) is 5.52. The number of ether oxygens (including phenoxy) is 1. The third kappa shape index (κ3) is 1.27. The van der Waals surface area contributed by atoms with Gasteiger partial charge in [-0.2, -0.15) is 0 Å². The van der Waals surface area contributed by atoms with Gasteiger partial charge >= 0.3 is 0 Å². The van der Waals surface area contributed by atoms with Gasteiger partial charge in [0.2, 0.25) is 0 Å². The summed E-state index contributed by atoms with van der Waals surface area (Å²) in [5.41, 5.74) is 0.904. The SMILES string of the molecule is CC(C)(C)N1CC2(CCOC2)C1. The normalized spacial score (nSPS) is 29.2. The molecule has 0 amide bonds. The van der Waals surface area contributed by atoms with Gasteiger partial charge in [0, 0.05) is 30.7 Å². The van der Waals surface area contributed by atoms with E-state index in [-0.39, 0.29) is 0 Å². The Morgan fingerprint density at radius 1 is 1.25 bits per heavy atom. The van der Waals surface area contributed by atoms with Crippen LogP contribution in [0.1, 0.15) is 27.2 Å². The van der Waals surface area contributed by atoms with Gasteiger partial charge in [0.25, 0.3) is 0 Å². The molecule has 2 nitrogen and oxygen atoms in total. The molecule has 0 aliphatic carbocycles. The highest BCUT2D eigenvalue weighted by Crippen LogP contribution is 2.41. The fourth-order valence-electron chi connectivity index (χ4n) is 2.14. The van der Waals surface area contributed by atoms with Crippen LogP contribution in [0.15, 0.2) is 0 Å². The van der Waals surface area contributed by atoms with Gasteiger partial charge in [-0.3, -0.25) is 4.90 Å². The molecule has 0 bridgehead atoms. The third-order valence-corrected chi connectivity index (χ3v) is 3.19. The summed E-state index contributed by atoms with van der Waals surface area (Å²) in [5.74, 6) is 0. The van der Waals surface area contributed by atoms with E-state index < -0.39 is 0 Å². The zero-order valence-corrected chi connectivity index (χ0v) is 8.39. The summed E-state index contributed by atoms with van der Waals surface area (Å²) < 4.78 is 5.44. The lowest BCUT2D eigenvalue weighted by Crippen LogP contribution is -2.62. The van der Waals surface area contributed by atoms with Gasteiger partial charge in [-0.25, -0.2) is 0 Å². The Kier molecular flexibility index (Phi) is 1.74. The van der Waals surface area contributed by atoms with E-state index in [0.29, 0.717) is 11.0 Å². The van der Waals surface area contributed by atoms with E-state index in [0.717, 1.165) is 13.2 Å². The molecule has 0 saturated carbocycles. The molecule has 0 aromatic rings. The Morgan fingerprint density at radius 3 is 2.33 bits per heavy atom. The van der Waals surface area contributed by atoms with Crippen molar-refractivity contribution in [3.8, 4) is 0 Å². The van der Waals surface area contributed by atoms with Gasteiger partial charge in [0.15, 0.2) is 0 Å². The van der Waals surface area contributed by atoms with Crippen LogP contribution in [0.2, 0.25) is 0 Å². The van der Waals surface area contributed by atoms with E-state index >= 15 is 0 Å². The lowest BCUT2D eigenvalue weighted by molar-refractivity contribution is -0.0609. The van der Waals surface area contributed by atoms with Crippen LogP contribution < -0.4 is 0 Å². The van der Waals surface area contributed by atoms with Crippen molar-refractivity contribution in [2.75, 3.05) is 26.3 Å². The van der Waals surface area contributed by atoms with Crippen molar-refractivity contribution >= 4 is 0 Å². The number of hydrogen-bond donors (Lipinski definition) is 0. The van der Waals surface area contributed by atoms with Crippen LogP contribution in [-0.2, 0) is 4.74 Å². The number of likely N-dealkylation sites (tertiary alicyclic amines) is 1. The molecule has 2 fully saturated rings. The lowest BCUT2D eigenvalue weighted by Gasteiger charge is -2.53. The molecule has 0 unspecified atom stereocenters. The van der Waals surface area contributed by atoms with Crippen LogP contribution in [0.5, 0.6) is 0 Å². The Labute approximate surface area is 74.9 Å². The molecule has 0 radical (unpaired) electrons. The third-order valence-electron chi connectivity index (χ3n) is 3.19. The molecule has 2 heterocycles. The summed E-state index contributed by atoms with van der Waals surface area (Å²) in [6.45, 7) is 11.3. The standard InChI is InChI=1S/C10H19NO/c1-9(2,3)11-6-10(7-11)4-5-12-8-10/h4-8H2,1-3H3. The molecule has 0 atom stereocenters. The highest BCUT2D eigenvalue weighted by Gasteiger charge is 2.48. The Hall–Kier alpha value is -0.0800. The van der Waals surface area contributed by atoms with Crippen molar-refractivity contribution in [2.45, 2.75) is 32.7 Å². The molecule has 0 aromatic carbocycles. The lowest BCUT2D eigenvalue weighted by atomic mass is 9.76. The topological polar surface area (TPSA) is 12.5 Å². The molecule has 70 valence electrons. The Morgan fingerprint density at radius 2 is 1.92 bits per heavy atom. The smallest absolute Gasteiger partial charge is 0.0547 e. The van der Waals surface area contributed by atoms with Crippen LogP contribution in [0.4, 0.5) is 0 Å². The van der Waals surface area contributed by atoms with Gasteiger partial charge < -0.3 is 4.74 Å². The molecule has 2 aliphatic rings. The van der Waals surface area contributed by atoms with E-state index in [1.807, 2.05) is 0 Å². The largest absolute Gasteiger partial charge is 0.381 e. The van der Waals surface area contributed by atoms with Crippen LogP contribution >= 0.6 is 0 Å². The summed E-state index contributed by atoms with van der Waals surface area (Å²) in [7, 11) is 0. The Bertz CT molecular complexity index is 169. The van der Waals surface area contributed by atoms with Crippen molar-refractivity contribution in [1.82, 2.24) is 4.90 Å². The minimum atomic E-state index is 0.355. The molecule has 2 aliphatic heterocycles. The average molecular weight is 169 g/mol. The van der Waals surface area contributed by atoms with Crippen molar-refractivity contribution < 1.29 is 4.74 Å². The first-order valence-electron chi connectivity index (χ1n) is 4.85. The number of hydrogen-bond acceptors (Lipinski definition) is 2. The van der Waals surface area contributed by atoms with Gasteiger partial charge in [-0.15, -0.1) is 0 Å². The molecule has 2 saturated heterocycles. The van der Waals surface area contributed by atoms with Crippen LogP contribution in [0.3, 0.4) is 0 Å². The number of rotatable bonds is 0. The monoisotopic (exact) mass is 169 g/mol. The van der Waals surface area contributed by atoms with Gasteiger partial charge in [-0.05, 0) is 27.2 Å². The fraction of sp³-hybridized carbons (Fsp3) is 1.00. The van der Waals surface area contributed by atoms with Crippen molar-refractivity contribution in [3.63, 3.8) is 0 Å². The Balaban J connectivity index is 1.90. The second-order valence-electron chi connectivity index (χ2n) is 5.33.